The minimum atomic E-state index is -0.151. The van der Waals surface area contributed by atoms with Crippen molar-refractivity contribution in [2.45, 2.75) is 44.9 Å². The van der Waals surface area contributed by atoms with Crippen LogP contribution < -0.4 is 4.74 Å². The fraction of sp³-hybridized carbons (Fsp3) is 0.588. The summed E-state index contributed by atoms with van der Waals surface area (Å²) in [7, 11) is 1.46. The Bertz CT molecular complexity index is 438. The van der Waals surface area contributed by atoms with Crippen LogP contribution in [0.1, 0.15) is 50.5 Å². The van der Waals surface area contributed by atoms with Crippen LogP contribution in [0.25, 0.3) is 0 Å². The summed E-state index contributed by atoms with van der Waals surface area (Å²) in [5, 5.41) is 0. The molecule has 1 atom stereocenters. The number of carbonyl (C=O) groups excluding carboxylic acids is 1. The summed E-state index contributed by atoms with van der Waals surface area (Å²) < 4.78 is 10.7. The Morgan fingerprint density at radius 3 is 2.85 bits per heavy atom. The normalized spacial score (nSPS) is 15.7. The molecule has 0 spiro atoms. The molecule has 20 heavy (non-hydrogen) atoms. The molecule has 0 aromatic heterocycles. The SMILES string of the molecule is CCCCOc1cccc(C(CC2CC2)C(=O)OC)c1. The van der Waals surface area contributed by atoms with Crippen LogP contribution in [0.2, 0.25) is 0 Å². The summed E-state index contributed by atoms with van der Waals surface area (Å²) in [4.78, 5) is 12.0. The zero-order valence-corrected chi connectivity index (χ0v) is 12.4. The lowest BCUT2D eigenvalue weighted by atomic mass is 9.93. The highest BCUT2D eigenvalue weighted by Crippen LogP contribution is 2.39. The maximum Gasteiger partial charge on any atom is 0.313 e. The molecule has 0 radical (unpaired) electrons. The predicted octanol–water partition coefficient (Wildman–Crippen LogP) is 3.92. The third-order valence-corrected chi connectivity index (χ3v) is 3.78. The lowest BCUT2D eigenvalue weighted by molar-refractivity contribution is -0.142. The summed E-state index contributed by atoms with van der Waals surface area (Å²) in [6, 6.07) is 7.89. The summed E-state index contributed by atoms with van der Waals surface area (Å²) in [5.74, 6) is 1.24. The number of hydrogen-bond donors (Lipinski definition) is 0. The smallest absolute Gasteiger partial charge is 0.313 e. The van der Waals surface area contributed by atoms with Gasteiger partial charge in [0.25, 0.3) is 0 Å². The van der Waals surface area contributed by atoms with Crippen LogP contribution in [0.15, 0.2) is 24.3 Å². The van der Waals surface area contributed by atoms with Gasteiger partial charge >= 0.3 is 5.97 Å². The molecule has 0 N–H and O–H groups in total. The molecule has 0 aliphatic heterocycles. The number of rotatable bonds is 8. The van der Waals surface area contributed by atoms with Gasteiger partial charge in [0.2, 0.25) is 0 Å². The highest BCUT2D eigenvalue weighted by atomic mass is 16.5. The first-order valence-corrected chi connectivity index (χ1v) is 7.55. The molecule has 0 heterocycles. The van der Waals surface area contributed by atoms with E-state index < -0.39 is 0 Å². The molecule has 1 aliphatic rings. The Labute approximate surface area is 121 Å². The van der Waals surface area contributed by atoms with Gasteiger partial charge in [-0.3, -0.25) is 4.79 Å². The number of ether oxygens (including phenoxy) is 2. The van der Waals surface area contributed by atoms with E-state index in [1.165, 1.54) is 20.0 Å². The predicted molar refractivity (Wildman–Crippen MR) is 78.9 cm³/mol. The Morgan fingerprint density at radius 2 is 2.20 bits per heavy atom. The van der Waals surface area contributed by atoms with E-state index in [1.54, 1.807) is 0 Å². The first-order valence-electron chi connectivity index (χ1n) is 7.55. The first kappa shape index (κ1) is 14.9. The van der Waals surface area contributed by atoms with E-state index >= 15 is 0 Å². The second kappa shape index (κ2) is 7.32. The molecule has 1 fully saturated rings. The average Bonchev–Trinajstić information content (AvgIpc) is 3.29. The van der Waals surface area contributed by atoms with Crippen molar-refractivity contribution in [1.29, 1.82) is 0 Å². The topological polar surface area (TPSA) is 35.5 Å². The lowest BCUT2D eigenvalue weighted by Gasteiger charge is -2.16. The fourth-order valence-corrected chi connectivity index (χ4v) is 2.35. The second-order valence-electron chi connectivity index (χ2n) is 5.53. The van der Waals surface area contributed by atoms with E-state index in [0.717, 1.165) is 37.2 Å². The van der Waals surface area contributed by atoms with Crippen molar-refractivity contribution in [3.05, 3.63) is 29.8 Å². The van der Waals surface area contributed by atoms with Gasteiger partial charge in [-0.25, -0.2) is 0 Å². The van der Waals surface area contributed by atoms with Gasteiger partial charge in [-0.15, -0.1) is 0 Å². The second-order valence-corrected chi connectivity index (χ2v) is 5.53. The minimum Gasteiger partial charge on any atom is -0.494 e. The zero-order chi connectivity index (χ0) is 14.4. The minimum absolute atomic E-state index is 0.136. The molecule has 0 bridgehead atoms. The highest BCUT2D eigenvalue weighted by molar-refractivity contribution is 5.78. The molecule has 2 rings (SSSR count). The highest BCUT2D eigenvalue weighted by Gasteiger charge is 2.31. The van der Waals surface area contributed by atoms with Gasteiger partial charge in [0.15, 0.2) is 0 Å². The molecular weight excluding hydrogens is 252 g/mol. The van der Waals surface area contributed by atoms with Crippen molar-refractivity contribution < 1.29 is 14.3 Å². The van der Waals surface area contributed by atoms with E-state index in [2.05, 4.69) is 6.92 Å². The van der Waals surface area contributed by atoms with Crippen molar-refractivity contribution in [2.75, 3.05) is 13.7 Å². The largest absolute Gasteiger partial charge is 0.494 e. The standard InChI is InChI=1S/C17H24O3/c1-3-4-10-20-15-7-5-6-14(12-15)16(17(18)19-2)11-13-8-9-13/h5-7,12-13,16H,3-4,8-11H2,1-2H3. The van der Waals surface area contributed by atoms with Crippen molar-refractivity contribution in [1.82, 2.24) is 0 Å². The van der Waals surface area contributed by atoms with Gasteiger partial charge in [-0.05, 0) is 36.5 Å². The van der Waals surface area contributed by atoms with Crippen LogP contribution in [0, 0.1) is 5.92 Å². The molecule has 1 aromatic carbocycles. The van der Waals surface area contributed by atoms with Gasteiger partial charge in [-0.1, -0.05) is 38.3 Å². The average molecular weight is 276 g/mol. The molecular formula is C17H24O3. The molecule has 0 saturated heterocycles. The van der Waals surface area contributed by atoms with Crippen molar-refractivity contribution in [2.24, 2.45) is 5.92 Å². The molecule has 1 unspecified atom stereocenters. The molecule has 3 heteroatoms. The molecule has 1 aromatic rings. The zero-order valence-electron chi connectivity index (χ0n) is 12.4. The molecule has 1 saturated carbocycles. The number of unbranched alkanes of at least 4 members (excludes halogenated alkanes) is 1. The molecule has 3 nitrogen and oxygen atoms in total. The molecule has 110 valence electrons. The van der Waals surface area contributed by atoms with Gasteiger partial charge in [0.05, 0.1) is 19.6 Å². The third kappa shape index (κ3) is 4.26. The third-order valence-electron chi connectivity index (χ3n) is 3.78. The summed E-state index contributed by atoms with van der Waals surface area (Å²) in [6.07, 6.45) is 5.53. The monoisotopic (exact) mass is 276 g/mol. The van der Waals surface area contributed by atoms with Crippen molar-refractivity contribution in [3.63, 3.8) is 0 Å². The van der Waals surface area contributed by atoms with E-state index in [9.17, 15) is 4.79 Å². The van der Waals surface area contributed by atoms with Crippen molar-refractivity contribution >= 4 is 5.97 Å². The van der Waals surface area contributed by atoms with E-state index in [0.29, 0.717) is 5.92 Å². The Morgan fingerprint density at radius 1 is 1.40 bits per heavy atom. The quantitative estimate of drug-likeness (QED) is 0.533. The van der Waals surface area contributed by atoms with Crippen molar-refractivity contribution in [3.8, 4) is 5.75 Å². The van der Waals surface area contributed by atoms with E-state index in [1.807, 2.05) is 24.3 Å². The van der Waals surface area contributed by atoms with Gasteiger partial charge in [-0.2, -0.15) is 0 Å². The van der Waals surface area contributed by atoms with Gasteiger partial charge in [0, 0.05) is 0 Å². The number of methoxy groups -OCH3 is 1. The summed E-state index contributed by atoms with van der Waals surface area (Å²) in [5.41, 5.74) is 1.01. The Hall–Kier alpha value is -1.51. The molecule has 1 aliphatic carbocycles. The van der Waals surface area contributed by atoms with Crippen LogP contribution in [-0.2, 0) is 9.53 Å². The van der Waals surface area contributed by atoms with Crippen LogP contribution in [0.5, 0.6) is 5.75 Å². The Balaban J connectivity index is 2.06. The summed E-state index contributed by atoms with van der Waals surface area (Å²) >= 11 is 0. The number of esters is 1. The van der Waals surface area contributed by atoms with Gasteiger partial charge < -0.3 is 9.47 Å². The molecule has 0 amide bonds. The van der Waals surface area contributed by atoms with E-state index in [4.69, 9.17) is 9.47 Å². The van der Waals surface area contributed by atoms with Crippen LogP contribution in [0.3, 0.4) is 0 Å². The van der Waals surface area contributed by atoms with Crippen LogP contribution in [0.4, 0.5) is 0 Å². The van der Waals surface area contributed by atoms with Crippen LogP contribution in [-0.4, -0.2) is 19.7 Å². The maximum absolute atomic E-state index is 12.0. The maximum atomic E-state index is 12.0. The first-order chi connectivity index (χ1) is 9.74. The Kier molecular flexibility index (Phi) is 5.45. The summed E-state index contributed by atoms with van der Waals surface area (Å²) in [6.45, 7) is 2.87. The van der Waals surface area contributed by atoms with Crippen LogP contribution >= 0.6 is 0 Å². The number of carbonyl (C=O) groups is 1. The lowest BCUT2D eigenvalue weighted by Crippen LogP contribution is -2.15. The van der Waals surface area contributed by atoms with Gasteiger partial charge in [0.1, 0.15) is 5.75 Å². The number of benzene rings is 1. The number of hydrogen-bond acceptors (Lipinski definition) is 3. The fourth-order valence-electron chi connectivity index (χ4n) is 2.35. The van der Waals surface area contributed by atoms with E-state index in [-0.39, 0.29) is 11.9 Å².